The number of nitrogens with one attached hydrogen (secondary N) is 1. The molecule has 0 aromatic heterocycles. The van der Waals surface area contributed by atoms with Crippen LogP contribution in [0.4, 0.5) is 0 Å². The highest BCUT2D eigenvalue weighted by Gasteiger charge is 2.16. The van der Waals surface area contributed by atoms with Gasteiger partial charge in [0.1, 0.15) is 11.6 Å². The Morgan fingerprint density at radius 2 is 2.06 bits per heavy atom. The number of nitrogens with two attached hydrogens (primary N) is 1. The van der Waals surface area contributed by atoms with Crippen molar-refractivity contribution in [2.75, 3.05) is 0 Å². The summed E-state index contributed by atoms with van der Waals surface area (Å²) in [7, 11) is 0. The quantitative estimate of drug-likeness (QED) is 0.661. The highest BCUT2D eigenvalue weighted by atomic mass is 79.9. The van der Waals surface area contributed by atoms with Gasteiger partial charge in [0, 0.05) is 10.0 Å². The fraction of sp³-hybridized carbons (Fsp3) is 0.417. The van der Waals surface area contributed by atoms with Crippen LogP contribution in [0.3, 0.4) is 0 Å². The Balaban J connectivity index is 2.11. The van der Waals surface area contributed by atoms with Crippen molar-refractivity contribution in [3.05, 3.63) is 28.2 Å². The Bertz CT molecular complexity index is 400. The molecule has 0 unspecified atom stereocenters. The summed E-state index contributed by atoms with van der Waals surface area (Å²) < 4.78 is 6.66. The summed E-state index contributed by atoms with van der Waals surface area (Å²) in [6, 6.07) is 5.57. The van der Waals surface area contributed by atoms with Gasteiger partial charge in [-0.25, -0.2) is 0 Å². The van der Waals surface area contributed by atoms with Crippen LogP contribution in [0.25, 0.3) is 0 Å². The first-order valence-corrected chi connectivity index (χ1v) is 6.27. The minimum atomic E-state index is 0.0688. The van der Waals surface area contributed by atoms with E-state index in [0.717, 1.165) is 23.1 Å². The molecule has 4 heteroatoms. The number of hydrogen-bond donors (Lipinski definition) is 2. The number of amidine groups is 1. The number of nitrogen functional groups attached to an aromatic ring is 1. The third kappa shape index (κ3) is 2.55. The molecule has 3 nitrogen and oxygen atoms in total. The Kier molecular flexibility index (Phi) is 3.49. The molecule has 0 atom stereocenters. The van der Waals surface area contributed by atoms with Gasteiger partial charge < -0.3 is 10.5 Å². The highest BCUT2D eigenvalue weighted by Crippen LogP contribution is 2.27. The van der Waals surface area contributed by atoms with Crippen LogP contribution in [0.5, 0.6) is 5.75 Å². The summed E-state index contributed by atoms with van der Waals surface area (Å²) in [6.45, 7) is 0. The summed E-state index contributed by atoms with van der Waals surface area (Å²) >= 11 is 3.40. The zero-order valence-corrected chi connectivity index (χ0v) is 10.6. The number of rotatable bonds is 3. The first kappa shape index (κ1) is 11.5. The smallest absolute Gasteiger partial charge is 0.123 e. The van der Waals surface area contributed by atoms with Crippen molar-refractivity contribution >= 4 is 21.8 Å². The first-order valence-electron chi connectivity index (χ1n) is 5.47. The number of halogens is 1. The van der Waals surface area contributed by atoms with E-state index in [1.807, 2.05) is 18.2 Å². The summed E-state index contributed by atoms with van der Waals surface area (Å²) in [6.07, 6.45) is 5.17. The van der Waals surface area contributed by atoms with Gasteiger partial charge in [-0.2, -0.15) is 0 Å². The van der Waals surface area contributed by atoms with Gasteiger partial charge in [0.25, 0.3) is 0 Å². The molecule has 1 aromatic rings. The minimum Gasteiger partial charge on any atom is -0.490 e. The van der Waals surface area contributed by atoms with Gasteiger partial charge in [0.15, 0.2) is 0 Å². The Morgan fingerprint density at radius 3 is 2.62 bits per heavy atom. The number of hydrogen-bond acceptors (Lipinski definition) is 2. The normalized spacial score (nSPS) is 16.3. The topological polar surface area (TPSA) is 59.1 Å². The van der Waals surface area contributed by atoms with Crippen LogP contribution < -0.4 is 10.5 Å². The van der Waals surface area contributed by atoms with Crippen LogP contribution in [0, 0.1) is 5.41 Å². The maximum Gasteiger partial charge on any atom is 0.123 e. The third-order valence-electron chi connectivity index (χ3n) is 2.84. The molecule has 1 saturated carbocycles. The Hall–Kier alpha value is -1.03. The molecule has 0 bridgehead atoms. The molecule has 1 aromatic carbocycles. The van der Waals surface area contributed by atoms with Crippen LogP contribution in [0.2, 0.25) is 0 Å². The van der Waals surface area contributed by atoms with E-state index >= 15 is 0 Å². The van der Waals surface area contributed by atoms with Gasteiger partial charge in [-0.3, -0.25) is 5.41 Å². The van der Waals surface area contributed by atoms with Crippen LogP contribution in [0.15, 0.2) is 22.7 Å². The summed E-state index contributed by atoms with van der Waals surface area (Å²) in [5.74, 6) is 0.920. The third-order valence-corrected chi connectivity index (χ3v) is 3.49. The van der Waals surface area contributed by atoms with Gasteiger partial charge >= 0.3 is 0 Å². The Labute approximate surface area is 104 Å². The summed E-state index contributed by atoms with van der Waals surface area (Å²) in [4.78, 5) is 0. The maximum absolute atomic E-state index is 7.38. The van der Waals surface area contributed by atoms with Gasteiger partial charge in [-0.15, -0.1) is 0 Å². The van der Waals surface area contributed by atoms with Crippen LogP contribution in [-0.4, -0.2) is 11.9 Å². The van der Waals surface area contributed by atoms with Crippen molar-refractivity contribution in [3.8, 4) is 5.75 Å². The first-order chi connectivity index (χ1) is 7.66. The second-order valence-corrected chi connectivity index (χ2v) is 4.93. The van der Waals surface area contributed by atoms with E-state index in [0.29, 0.717) is 11.7 Å². The van der Waals surface area contributed by atoms with Crippen LogP contribution >= 0.6 is 15.9 Å². The number of benzene rings is 1. The number of ether oxygens (including phenoxy) is 1. The largest absolute Gasteiger partial charge is 0.490 e. The van der Waals surface area contributed by atoms with Crippen molar-refractivity contribution in [1.29, 1.82) is 5.41 Å². The summed E-state index contributed by atoms with van der Waals surface area (Å²) in [5.41, 5.74) is 6.15. The van der Waals surface area contributed by atoms with E-state index < -0.39 is 0 Å². The lowest BCUT2D eigenvalue weighted by Crippen LogP contribution is -2.13. The molecule has 0 aliphatic heterocycles. The standard InChI is InChI=1S/C12H15BrN2O/c13-11-7-9(5-6-10(11)12(14)15)16-8-3-1-2-4-8/h5-8H,1-4H2,(H3,14,15). The average molecular weight is 283 g/mol. The van der Waals surface area contributed by atoms with Gasteiger partial charge in [0.2, 0.25) is 0 Å². The van der Waals surface area contributed by atoms with Crippen LogP contribution in [0.1, 0.15) is 31.2 Å². The Morgan fingerprint density at radius 1 is 1.38 bits per heavy atom. The molecule has 0 saturated heterocycles. The second kappa shape index (κ2) is 4.87. The lowest BCUT2D eigenvalue weighted by molar-refractivity contribution is 0.210. The molecular formula is C12H15BrN2O. The molecule has 0 spiro atoms. The van der Waals surface area contributed by atoms with Gasteiger partial charge in [-0.05, 0) is 59.8 Å². The lowest BCUT2D eigenvalue weighted by Gasteiger charge is -2.14. The van der Waals surface area contributed by atoms with Crippen LogP contribution in [-0.2, 0) is 0 Å². The molecule has 3 N–H and O–H groups in total. The van der Waals surface area contributed by atoms with Crippen molar-refractivity contribution in [3.63, 3.8) is 0 Å². The zero-order chi connectivity index (χ0) is 11.5. The minimum absolute atomic E-state index is 0.0688. The van der Waals surface area contributed by atoms with E-state index in [2.05, 4.69) is 15.9 Å². The lowest BCUT2D eigenvalue weighted by atomic mass is 10.2. The fourth-order valence-electron chi connectivity index (χ4n) is 1.99. The predicted molar refractivity (Wildman–Crippen MR) is 68.0 cm³/mol. The molecule has 2 rings (SSSR count). The van der Waals surface area contributed by atoms with E-state index in [-0.39, 0.29) is 5.84 Å². The molecule has 86 valence electrons. The van der Waals surface area contributed by atoms with Crippen molar-refractivity contribution in [2.45, 2.75) is 31.8 Å². The predicted octanol–water partition coefficient (Wildman–Crippen LogP) is 3.05. The van der Waals surface area contributed by atoms with Gasteiger partial charge in [-0.1, -0.05) is 0 Å². The summed E-state index contributed by atoms with van der Waals surface area (Å²) in [5, 5.41) is 7.38. The molecule has 0 amide bonds. The monoisotopic (exact) mass is 282 g/mol. The highest BCUT2D eigenvalue weighted by molar-refractivity contribution is 9.10. The van der Waals surface area contributed by atoms with E-state index in [1.165, 1.54) is 12.8 Å². The van der Waals surface area contributed by atoms with Gasteiger partial charge in [0.05, 0.1) is 6.10 Å². The maximum atomic E-state index is 7.38. The molecule has 1 aliphatic carbocycles. The van der Waals surface area contributed by atoms with E-state index in [9.17, 15) is 0 Å². The van der Waals surface area contributed by atoms with E-state index in [4.69, 9.17) is 15.9 Å². The molecule has 0 radical (unpaired) electrons. The average Bonchev–Trinajstić information content (AvgIpc) is 2.70. The fourth-order valence-corrected chi connectivity index (χ4v) is 2.56. The second-order valence-electron chi connectivity index (χ2n) is 4.08. The molecule has 1 aliphatic rings. The van der Waals surface area contributed by atoms with Crippen molar-refractivity contribution < 1.29 is 4.74 Å². The molecule has 0 heterocycles. The van der Waals surface area contributed by atoms with Crippen molar-refractivity contribution in [1.82, 2.24) is 0 Å². The SMILES string of the molecule is N=C(N)c1ccc(OC2CCCC2)cc1Br. The molecule has 1 fully saturated rings. The zero-order valence-electron chi connectivity index (χ0n) is 9.00. The molecular weight excluding hydrogens is 268 g/mol. The molecule has 16 heavy (non-hydrogen) atoms. The van der Waals surface area contributed by atoms with Crippen molar-refractivity contribution in [2.24, 2.45) is 5.73 Å². The van der Waals surface area contributed by atoms with E-state index in [1.54, 1.807) is 0 Å².